The summed E-state index contributed by atoms with van der Waals surface area (Å²) in [7, 11) is 0. The number of nitrogens with zero attached hydrogens (tertiary/aromatic N) is 1. The van der Waals surface area contributed by atoms with Crippen molar-refractivity contribution in [3.05, 3.63) is 235 Å². The maximum absolute atomic E-state index is 12.1. The van der Waals surface area contributed by atoms with Gasteiger partial charge in [0.05, 0.1) is 5.41 Å². The predicted octanol–water partition coefficient (Wildman–Crippen LogP) is 13.5. The molecule has 1 aliphatic rings. The number of benzene rings is 6. The lowest BCUT2D eigenvalue weighted by atomic mass is 9.79. The van der Waals surface area contributed by atoms with Crippen LogP contribution in [0.4, 0.5) is 17.1 Å². The van der Waals surface area contributed by atoms with E-state index in [4.69, 9.17) is 14.2 Å². The van der Waals surface area contributed by atoms with Gasteiger partial charge >= 0.3 is 17.9 Å². The minimum Gasteiger partial charge on any atom is -0.462 e. The Kier molecular flexibility index (Phi) is 20.8. The lowest BCUT2D eigenvalue weighted by Crippen LogP contribution is -2.40. The molecule has 0 spiro atoms. The second-order valence-electron chi connectivity index (χ2n) is 17.5. The molecule has 6 aromatic rings. The number of aryl methyl sites for hydroxylation is 2. The van der Waals surface area contributed by atoms with Crippen LogP contribution >= 0.6 is 0 Å². The van der Waals surface area contributed by atoms with E-state index in [9.17, 15) is 24.3 Å². The highest BCUT2D eigenvalue weighted by Gasteiger charge is 2.37. The third-order valence-corrected chi connectivity index (χ3v) is 12.2. The number of carbonyl (C=O) groups excluding carboxylic acids is 4. The maximum Gasteiger partial charge on any atom is 0.330 e. The molecule has 0 heterocycles. The molecule has 71 heavy (non-hydrogen) atoms. The van der Waals surface area contributed by atoms with Crippen LogP contribution in [0.1, 0.15) is 83.6 Å². The molecule has 1 aliphatic carbocycles. The molecule has 9 heteroatoms. The molecule has 0 aliphatic heterocycles. The van der Waals surface area contributed by atoms with Crippen LogP contribution in [0.5, 0.6) is 0 Å². The summed E-state index contributed by atoms with van der Waals surface area (Å²) in [6, 6.07) is 56.5. The molecule has 1 fully saturated rings. The first-order valence-corrected chi connectivity index (χ1v) is 23.9. The molecule has 0 radical (unpaired) electrons. The lowest BCUT2D eigenvalue weighted by molar-refractivity contribution is -0.156. The van der Waals surface area contributed by atoms with Crippen molar-refractivity contribution < 1.29 is 38.5 Å². The fourth-order valence-electron chi connectivity index (χ4n) is 7.79. The van der Waals surface area contributed by atoms with E-state index in [0.717, 1.165) is 54.6 Å². The molecule has 0 aromatic heterocycles. The van der Waals surface area contributed by atoms with Crippen molar-refractivity contribution in [2.45, 2.75) is 64.9 Å². The summed E-state index contributed by atoms with van der Waals surface area (Å²) in [6.07, 6.45) is 10.0. The second-order valence-corrected chi connectivity index (χ2v) is 17.5. The summed E-state index contributed by atoms with van der Waals surface area (Å²) in [4.78, 5) is 47.9. The zero-order chi connectivity index (χ0) is 51.1. The first kappa shape index (κ1) is 54.1. The van der Waals surface area contributed by atoms with Gasteiger partial charge in [-0.2, -0.15) is 0 Å². The number of ketones is 1. The van der Waals surface area contributed by atoms with Gasteiger partial charge in [0.25, 0.3) is 0 Å². The van der Waals surface area contributed by atoms with Crippen molar-refractivity contribution >= 4 is 52.4 Å². The van der Waals surface area contributed by atoms with E-state index in [1.165, 1.54) is 33.4 Å². The normalized spacial score (nSPS) is 12.4. The molecule has 0 saturated heterocycles. The van der Waals surface area contributed by atoms with Gasteiger partial charge in [-0.25, -0.2) is 14.4 Å². The van der Waals surface area contributed by atoms with Crippen molar-refractivity contribution in [1.82, 2.24) is 0 Å². The topological polar surface area (TPSA) is 119 Å². The number of hydrogen-bond acceptors (Lipinski definition) is 9. The van der Waals surface area contributed by atoms with Crippen LogP contribution in [0.3, 0.4) is 0 Å². The molecule has 6 aromatic carbocycles. The van der Waals surface area contributed by atoms with Gasteiger partial charge in [0, 0.05) is 40.9 Å². The third kappa shape index (κ3) is 16.4. The Labute approximate surface area is 419 Å². The molecule has 0 amide bonds. The van der Waals surface area contributed by atoms with Crippen LogP contribution in [0.15, 0.2) is 202 Å². The fourth-order valence-corrected chi connectivity index (χ4v) is 7.79. The van der Waals surface area contributed by atoms with E-state index >= 15 is 0 Å². The minimum absolute atomic E-state index is 0.0802. The van der Waals surface area contributed by atoms with Crippen LogP contribution in [-0.2, 0) is 28.6 Å². The Balaban J connectivity index is 0.000000221. The van der Waals surface area contributed by atoms with Crippen molar-refractivity contribution in [3.8, 4) is 0 Å². The van der Waals surface area contributed by atoms with Crippen molar-refractivity contribution in [2.75, 3.05) is 24.7 Å². The summed E-state index contributed by atoms with van der Waals surface area (Å²) >= 11 is 0. The van der Waals surface area contributed by atoms with Crippen LogP contribution in [0.25, 0.3) is 11.6 Å². The number of anilines is 3. The Hall–Kier alpha value is -7.88. The van der Waals surface area contributed by atoms with Gasteiger partial charge in [-0.15, -0.1) is 0 Å². The van der Waals surface area contributed by atoms with Gasteiger partial charge in [0.2, 0.25) is 0 Å². The van der Waals surface area contributed by atoms with E-state index < -0.39 is 28.9 Å². The van der Waals surface area contributed by atoms with Gasteiger partial charge in [-0.1, -0.05) is 184 Å². The molecule has 9 nitrogen and oxygen atoms in total. The average molecular weight is 952 g/mol. The third-order valence-electron chi connectivity index (χ3n) is 12.2. The van der Waals surface area contributed by atoms with E-state index in [2.05, 4.69) is 178 Å². The van der Waals surface area contributed by atoms with Crippen LogP contribution in [0, 0.1) is 19.3 Å². The van der Waals surface area contributed by atoms with E-state index in [-0.39, 0.29) is 25.6 Å². The molecule has 1 N–H and O–H groups in total. The largest absolute Gasteiger partial charge is 0.462 e. The smallest absolute Gasteiger partial charge is 0.330 e. The highest BCUT2D eigenvalue weighted by molar-refractivity contribution is 6.02. The molecule has 366 valence electrons. The van der Waals surface area contributed by atoms with Gasteiger partial charge in [0.1, 0.15) is 25.4 Å². The van der Waals surface area contributed by atoms with Gasteiger partial charge in [0.15, 0.2) is 5.78 Å². The van der Waals surface area contributed by atoms with E-state index in [0.29, 0.717) is 24.8 Å². The van der Waals surface area contributed by atoms with Crippen molar-refractivity contribution in [1.29, 1.82) is 0 Å². The first-order chi connectivity index (χ1) is 34.3. The SMILES string of the molecule is C=CC(=O)OCC(CC)(COC(=O)C=C)COC(=O)C=C.Cc1ccc(N(c2ccc(C)cc2)c2ccc(C=C(c3ccccc3)c3ccccc3)cc2)cc1.O=C(c1ccccc1)C1(O)CCCCC1. The quantitative estimate of drug-likeness (QED) is 0.0295. The molecule has 0 unspecified atom stereocenters. The zero-order valence-electron chi connectivity index (χ0n) is 41.1. The van der Waals surface area contributed by atoms with Crippen molar-refractivity contribution in [3.63, 3.8) is 0 Å². The number of hydrogen-bond donors (Lipinski definition) is 1. The summed E-state index contributed by atoms with van der Waals surface area (Å²) in [5.41, 5.74) is 9.45. The first-order valence-electron chi connectivity index (χ1n) is 23.9. The number of carbonyl (C=O) groups is 4. The minimum atomic E-state index is -1.10. The average Bonchev–Trinajstić information content (AvgIpc) is 3.42. The summed E-state index contributed by atoms with van der Waals surface area (Å²) in [5, 5.41) is 10.2. The fraction of sp³-hybridized carbons (Fsp3) is 0.226. The Morgan fingerprint density at radius 1 is 0.535 bits per heavy atom. The number of ether oxygens (including phenoxy) is 3. The van der Waals surface area contributed by atoms with Crippen LogP contribution < -0.4 is 4.90 Å². The van der Waals surface area contributed by atoms with Crippen molar-refractivity contribution in [2.24, 2.45) is 5.41 Å². The number of Topliss-reactive ketones (excluding diaryl/α,β-unsaturated/α-hetero) is 1. The summed E-state index contributed by atoms with van der Waals surface area (Å²) < 4.78 is 15.0. The molecule has 7 rings (SSSR count). The highest BCUT2D eigenvalue weighted by Crippen LogP contribution is 2.36. The summed E-state index contributed by atoms with van der Waals surface area (Å²) in [5.74, 6) is -1.95. The zero-order valence-corrected chi connectivity index (χ0v) is 41.1. The number of aliphatic hydroxyl groups is 1. The molecular formula is C62H65NO8. The second kappa shape index (κ2) is 27.3. The van der Waals surface area contributed by atoms with E-state index in [1.807, 2.05) is 18.2 Å². The molecule has 0 atom stereocenters. The monoisotopic (exact) mass is 951 g/mol. The predicted molar refractivity (Wildman–Crippen MR) is 285 cm³/mol. The van der Waals surface area contributed by atoms with Gasteiger partial charge in [-0.3, -0.25) is 4.79 Å². The summed E-state index contributed by atoms with van der Waals surface area (Å²) in [6.45, 7) is 15.7. The lowest BCUT2D eigenvalue weighted by Gasteiger charge is -2.30. The molecule has 1 saturated carbocycles. The van der Waals surface area contributed by atoms with Crippen LogP contribution in [-0.4, -0.2) is 54.2 Å². The molecular weight excluding hydrogens is 887 g/mol. The molecule has 0 bridgehead atoms. The maximum atomic E-state index is 12.1. The Morgan fingerprint density at radius 2 is 0.887 bits per heavy atom. The van der Waals surface area contributed by atoms with Crippen LogP contribution in [0.2, 0.25) is 0 Å². The standard InChI is InChI=1S/C34H29N.C15H20O6.C13H16O2/c1-26-13-19-31(20-14-26)35(32-21-15-27(2)16-22-32)33-23-17-28(18-24-33)25-34(29-9-5-3-6-10-29)30-11-7-4-8-12-30;1-5-12(16)19-9-15(8-4,10-20-13(17)6-2)11-21-14(18)7-3;14-12(11-7-3-1-4-8-11)13(15)9-5-2-6-10-13/h3-25H,1-2H3;5-7H,1-3,8-11H2,4H3;1,3-4,7-8,15H,2,5-6,9-10H2. The number of rotatable bonds is 18. The number of esters is 3. The van der Waals surface area contributed by atoms with Gasteiger partial charge in [-0.05, 0) is 97.8 Å². The van der Waals surface area contributed by atoms with Gasteiger partial charge < -0.3 is 24.2 Å². The highest BCUT2D eigenvalue weighted by atomic mass is 16.6. The van der Waals surface area contributed by atoms with E-state index in [1.54, 1.807) is 19.1 Å². The Bertz CT molecular complexity index is 2540. The Morgan fingerprint density at radius 3 is 1.24 bits per heavy atom.